The molecule has 19 heavy (non-hydrogen) atoms. The zero-order valence-corrected chi connectivity index (χ0v) is 10.2. The SMILES string of the molecule is C=CC(=O)Oc1cc(C(=O)OCC)ccc1C(=O)O. The van der Waals surface area contributed by atoms with Crippen LogP contribution in [-0.4, -0.2) is 29.6 Å². The van der Waals surface area contributed by atoms with E-state index in [2.05, 4.69) is 6.58 Å². The van der Waals surface area contributed by atoms with E-state index in [4.69, 9.17) is 14.6 Å². The summed E-state index contributed by atoms with van der Waals surface area (Å²) in [6.45, 7) is 5.03. The van der Waals surface area contributed by atoms with E-state index in [0.29, 0.717) is 0 Å². The van der Waals surface area contributed by atoms with E-state index in [-0.39, 0.29) is 23.5 Å². The Balaban J connectivity index is 3.17. The van der Waals surface area contributed by atoms with Gasteiger partial charge in [0.15, 0.2) is 0 Å². The molecule has 0 saturated heterocycles. The summed E-state index contributed by atoms with van der Waals surface area (Å²) in [6, 6.07) is 3.59. The van der Waals surface area contributed by atoms with Gasteiger partial charge in [-0.15, -0.1) is 0 Å². The van der Waals surface area contributed by atoms with E-state index in [0.717, 1.165) is 12.1 Å². The summed E-state index contributed by atoms with van der Waals surface area (Å²) >= 11 is 0. The second-order valence-electron chi connectivity index (χ2n) is 3.36. The van der Waals surface area contributed by atoms with Crippen molar-refractivity contribution in [1.82, 2.24) is 0 Å². The van der Waals surface area contributed by atoms with Crippen LogP contribution >= 0.6 is 0 Å². The monoisotopic (exact) mass is 264 g/mol. The van der Waals surface area contributed by atoms with Gasteiger partial charge >= 0.3 is 17.9 Å². The second-order valence-corrected chi connectivity index (χ2v) is 3.36. The number of rotatable bonds is 5. The second kappa shape index (κ2) is 6.34. The first-order valence-electron chi connectivity index (χ1n) is 5.38. The van der Waals surface area contributed by atoms with Gasteiger partial charge in [0.25, 0.3) is 0 Å². The molecule has 0 unspecified atom stereocenters. The molecule has 1 rings (SSSR count). The first-order chi connectivity index (χ1) is 8.99. The van der Waals surface area contributed by atoms with Crippen molar-refractivity contribution < 1.29 is 29.0 Å². The van der Waals surface area contributed by atoms with Crippen molar-refractivity contribution in [1.29, 1.82) is 0 Å². The van der Waals surface area contributed by atoms with Gasteiger partial charge in [-0.3, -0.25) is 0 Å². The largest absolute Gasteiger partial charge is 0.478 e. The van der Waals surface area contributed by atoms with Crippen LogP contribution in [0, 0.1) is 0 Å². The summed E-state index contributed by atoms with van der Waals surface area (Å²) in [5.74, 6) is -2.95. The molecule has 0 spiro atoms. The molecule has 0 saturated carbocycles. The molecule has 0 radical (unpaired) electrons. The lowest BCUT2D eigenvalue weighted by molar-refractivity contribution is -0.128. The molecule has 0 aliphatic heterocycles. The fraction of sp³-hybridized carbons (Fsp3) is 0.154. The molecule has 0 heterocycles. The first-order valence-corrected chi connectivity index (χ1v) is 5.38. The molecule has 1 N–H and O–H groups in total. The van der Waals surface area contributed by atoms with E-state index >= 15 is 0 Å². The van der Waals surface area contributed by atoms with Gasteiger partial charge < -0.3 is 14.6 Å². The third kappa shape index (κ3) is 3.67. The number of ether oxygens (including phenoxy) is 2. The quantitative estimate of drug-likeness (QED) is 0.494. The van der Waals surface area contributed by atoms with E-state index in [1.807, 2.05) is 0 Å². The van der Waals surface area contributed by atoms with Crippen LogP contribution in [0.25, 0.3) is 0 Å². The number of aromatic carboxylic acids is 1. The fourth-order valence-corrected chi connectivity index (χ4v) is 1.27. The Morgan fingerprint density at radius 3 is 2.58 bits per heavy atom. The highest BCUT2D eigenvalue weighted by atomic mass is 16.5. The van der Waals surface area contributed by atoms with Gasteiger partial charge in [-0.05, 0) is 25.1 Å². The van der Waals surface area contributed by atoms with Gasteiger partial charge in [-0.25, -0.2) is 14.4 Å². The highest BCUT2D eigenvalue weighted by molar-refractivity contribution is 5.96. The average Bonchev–Trinajstić information content (AvgIpc) is 2.38. The van der Waals surface area contributed by atoms with Gasteiger partial charge in [0, 0.05) is 6.08 Å². The Morgan fingerprint density at radius 1 is 1.37 bits per heavy atom. The highest BCUT2D eigenvalue weighted by Crippen LogP contribution is 2.21. The van der Waals surface area contributed by atoms with Crippen molar-refractivity contribution in [3.8, 4) is 5.75 Å². The molecular formula is C13H12O6. The van der Waals surface area contributed by atoms with Gasteiger partial charge in [0.05, 0.1) is 12.2 Å². The minimum absolute atomic E-state index is 0.0960. The van der Waals surface area contributed by atoms with Crippen molar-refractivity contribution in [2.75, 3.05) is 6.61 Å². The van der Waals surface area contributed by atoms with Crippen molar-refractivity contribution in [3.05, 3.63) is 42.0 Å². The molecule has 0 aliphatic carbocycles. The predicted octanol–water partition coefficient (Wildman–Crippen LogP) is 1.65. The zero-order chi connectivity index (χ0) is 14.4. The zero-order valence-electron chi connectivity index (χ0n) is 10.2. The molecule has 0 atom stereocenters. The van der Waals surface area contributed by atoms with E-state index in [1.165, 1.54) is 12.1 Å². The fourth-order valence-electron chi connectivity index (χ4n) is 1.27. The van der Waals surface area contributed by atoms with Crippen LogP contribution < -0.4 is 4.74 Å². The molecule has 0 fully saturated rings. The summed E-state index contributed by atoms with van der Waals surface area (Å²) in [7, 11) is 0. The molecule has 1 aromatic carbocycles. The van der Waals surface area contributed by atoms with Crippen LogP contribution in [0.2, 0.25) is 0 Å². The molecule has 0 aromatic heterocycles. The lowest BCUT2D eigenvalue weighted by Crippen LogP contribution is -2.11. The molecule has 0 amide bonds. The number of carboxylic acid groups (broad SMARTS) is 1. The number of benzene rings is 1. The summed E-state index contributed by atoms with van der Waals surface area (Å²) in [6.07, 6.45) is 0.892. The minimum atomic E-state index is -1.28. The minimum Gasteiger partial charge on any atom is -0.478 e. The first kappa shape index (κ1) is 14.4. The van der Waals surface area contributed by atoms with Crippen LogP contribution in [0.4, 0.5) is 0 Å². The molecule has 100 valence electrons. The molecular weight excluding hydrogens is 252 g/mol. The molecule has 0 bridgehead atoms. The highest BCUT2D eigenvalue weighted by Gasteiger charge is 2.17. The number of carbonyl (C=O) groups excluding carboxylic acids is 2. The number of hydrogen-bond acceptors (Lipinski definition) is 5. The number of carboxylic acids is 1. The summed E-state index contributed by atoms with van der Waals surface area (Å²) in [5.41, 5.74) is -0.137. The third-order valence-electron chi connectivity index (χ3n) is 2.10. The van der Waals surface area contributed by atoms with Crippen LogP contribution in [-0.2, 0) is 9.53 Å². The van der Waals surface area contributed by atoms with Crippen molar-refractivity contribution >= 4 is 17.9 Å². The maximum Gasteiger partial charge on any atom is 0.339 e. The van der Waals surface area contributed by atoms with Crippen LogP contribution in [0.1, 0.15) is 27.6 Å². The predicted molar refractivity (Wildman–Crippen MR) is 65.2 cm³/mol. The Bertz CT molecular complexity index is 532. The van der Waals surface area contributed by atoms with Crippen LogP contribution in [0.5, 0.6) is 5.75 Å². The normalized spacial score (nSPS) is 9.53. The standard InChI is InChI=1S/C13H12O6/c1-3-11(14)19-10-7-8(13(17)18-4-2)5-6-9(10)12(15)16/h3,5-7H,1,4H2,2H3,(H,15,16). The molecule has 1 aromatic rings. The number of carbonyl (C=O) groups is 3. The number of hydrogen-bond donors (Lipinski definition) is 1. The Kier molecular flexibility index (Phi) is 4.82. The van der Waals surface area contributed by atoms with E-state index in [9.17, 15) is 14.4 Å². The van der Waals surface area contributed by atoms with Crippen LogP contribution in [0.15, 0.2) is 30.9 Å². The third-order valence-corrected chi connectivity index (χ3v) is 2.10. The Morgan fingerprint density at radius 2 is 2.05 bits per heavy atom. The smallest absolute Gasteiger partial charge is 0.339 e. The average molecular weight is 264 g/mol. The Hall–Kier alpha value is -2.63. The van der Waals surface area contributed by atoms with Gasteiger partial charge in [-0.2, -0.15) is 0 Å². The summed E-state index contributed by atoms with van der Waals surface area (Å²) in [5, 5.41) is 8.95. The lowest BCUT2D eigenvalue weighted by atomic mass is 10.1. The van der Waals surface area contributed by atoms with Gasteiger partial charge in [-0.1, -0.05) is 6.58 Å². The topological polar surface area (TPSA) is 89.9 Å². The van der Waals surface area contributed by atoms with Crippen molar-refractivity contribution in [2.45, 2.75) is 6.92 Å². The Labute approximate surface area is 109 Å². The summed E-state index contributed by atoms with van der Waals surface area (Å²) < 4.78 is 9.55. The van der Waals surface area contributed by atoms with Gasteiger partial charge in [0.1, 0.15) is 11.3 Å². The maximum absolute atomic E-state index is 11.5. The molecule has 6 heteroatoms. The molecule has 0 aliphatic rings. The maximum atomic E-state index is 11.5. The van der Waals surface area contributed by atoms with Gasteiger partial charge in [0.2, 0.25) is 0 Å². The lowest BCUT2D eigenvalue weighted by Gasteiger charge is -2.08. The number of esters is 2. The van der Waals surface area contributed by atoms with E-state index in [1.54, 1.807) is 6.92 Å². The van der Waals surface area contributed by atoms with Crippen molar-refractivity contribution in [2.24, 2.45) is 0 Å². The van der Waals surface area contributed by atoms with E-state index < -0.39 is 17.9 Å². The van der Waals surface area contributed by atoms with Crippen molar-refractivity contribution in [3.63, 3.8) is 0 Å². The van der Waals surface area contributed by atoms with Crippen LogP contribution in [0.3, 0.4) is 0 Å². The molecule has 6 nitrogen and oxygen atoms in total. The summed E-state index contributed by atoms with van der Waals surface area (Å²) in [4.78, 5) is 33.6.